The number of phenols is 1. The van der Waals surface area contributed by atoms with Gasteiger partial charge in [0.2, 0.25) is 0 Å². The van der Waals surface area contributed by atoms with E-state index < -0.39 is 0 Å². The molecule has 19 heavy (non-hydrogen) atoms. The molecular weight excluding hydrogens is 238 g/mol. The van der Waals surface area contributed by atoms with E-state index in [1.165, 1.54) is 30.4 Å². The number of aryl methyl sites for hydroxylation is 1. The highest BCUT2D eigenvalue weighted by Gasteiger charge is 2.30. The number of phenolic OH excluding ortho intramolecular Hbond substituents is 1. The van der Waals surface area contributed by atoms with Crippen LogP contribution in [0.4, 0.5) is 0 Å². The Labute approximate surface area is 114 Å². The smallest absolute Gasteiger partial charge is 0.115 e. The van der Waals surface area contributed by atoms with Gasteiger partial charge in [-0.2, -0.15) is 0 Å². The largest absolute Gasteiger partial charge is 0.508 e. The molecule has 1 aromatic carbocycles. The molecule has 1 aromatic rings. The number of nitrogens with one attached hydrogen (secondary N) is 1. The van der Waals surface area contributed by atoms with Gasteiger partial charge in [-0.1, -0.05) is 18.9 Å². The van der Waals surface area contributed by atoms with Crippen LogP contribution in [0.3, 0.4) is 0 Å². The van der Waals surface area contributed by atoms with Crippen LogP contribution in [0.2, 0.25) is 0 Å². The van der Waals surface area contributed by atoms with Crippen LogP contribution >= 0.6 is 0 Å². The van der Waals surface area contributed by atoms with Gasteiger partial charge in [0, 0.05) is 18.7 Å². The molecule has 3 unspecified atom stereocenters. The molecule has 0 aliphatic heterocycles. The molecule has 2 aliphatic carbocycles. The first kappa shape index (κ1) is 12.9. The fraction of sp³-hybridized carbons (Fsp3) is 0.625. The van der Waals surface area contributed by atoms with Crippen LogP contribution in [0.5, 0.6) is 5.75 Å². The highest BCUT2D eigenvalue weighted by Crippen LogP contribution is 2.35. The highest BCUT2D eigenvalue weighted by atomic mass is 16.3. The van der Waals surface area contributed by atoms with Crippen LogP contribution < -0.4 is 5.32 Å². The van der Waals surface area contributed by atoms with Crippen LogP contribution in [0, 0.1) is 5.92 Å². The Morgan fingerprint density at radius 1 is 1.16 bits per heavy atom. The van der Waals surface area contributed by atoms with Crippen molar-refractivity contribution in [1.82, 2.24) is 5.32 Å². The number of aromatic hydroxyl groups is 1. The van der Waals surface area contributed by atoms with E-state index in [0.717, 1.165) is 19.3 Å². The third kappa shape index (κ3) is 2.63. The van der Waals surface area contributed by atoms with Crippen LogP contribution in [0.25, 0.3) is 0 Å². The molecule has 3 heteroatoms. The summed E-state index contributed by atoms with van der Waals surface area (Å²) in [6, 6.07) is 6.56. The van der Waals surface area contributed by atoms with Crippen molar-refractivity contribution in [2.45, 2.75) is 50.6 Å². The molecule has 3 N–H and O–H groups in total. The molecule has 0 aromatic heterocycles. The Morgan fingerprint density at radius 3 is 2.84 bits per heavy atom. The SMILES string of the molecule is OCC1CCCCC1NC1CCc2cc(O)ccc21. The minimum absolute atomic E-state index is 0.298. The van der Waals surface area contributed by atoms with Gasteiger partial charge < -0.3 is 15.5 Å². The van der Waals surface area contributed by atoms with E-state index in [0.29, 0.717) is 30.4 Å². The summed E-state index contributed by atoms with van der Waals surface area (Å²) in [6.07, 6.45) is 6.98. The standard InChI is InChI=1S/C16H23NO2/c18-10-12-3-1-2-4-15(12)17-16-8-5-11-9-13(19)6-7-14(11)16/h6-7,9,12,15-19H,1-5,8,10H2. The van der Waals surface area contributed by atoms with Crippen molar-refractivity contribution in [3.05, 3.63) is 29.3 Å². The van der Waals surface area contributed by atoms with E-state index in [1.807, 2.05) is 12.1 Å². The average Bonchev–Trinajstić information content (AvgIpc) is 2.82. The summed E-state index contributed by atoms with van der Waals surface area (Å²) in [5.41, 5.74) is 2.61. The molecule has 0 radical (unpaired) electrons. The number of hydrogen-bond acceptors (Lipinski definition) is 3. The molecule has 0 bridgehead atoms. The zero-order chi connectivity index (χ0) is 13.2. The Bertz CT molecular complexity index is 446. The molecule has 3 nitrogen and oxygen atoms in total. The minimum Gasteiger partial charge on any atom is -0.508 e. The minimum atomic E-state index is 0.298. The number of aliphatic hydroxyl groups excluding tert-OH is 1. The summed E-state index contributed by atoms with van der Waals surface area (Å²) >= 11 is 0. The van der Waals surface area contributed by atoms with Gasteiger partial charge in [-0.25, -0.2) is 0 Å². The monoisotopic (exact) mass is 261 g/mol. The number of rotatable bonds is 3. The lowest BCUT2D eigenvalue weighted by atomic mass is 9.84. The van der Waals surface area contributed by atoms with Gasteiger partial charge in [0.25, 0.3) is 0 Å². The van der Waals surface area contributed by atoms with Crippen molar-refractivity contribution < 1.29 is 10.2 Å². The van der Waals surface area contributed by atoms with Crippen LogP contribution in [-0.2, 0) is 6.42 Å². The summed E-state index contributed by atoms with van der Waals surface area (Å²) in [7, 11) is 0. The zero-order valence-electron chi connectivity index (χ0n) is 11.3. The number of hydrogen-bond donors (Lipinski definition) is 3. The molecule has 104 valence electrons. The highest BCUT2D eigenvalue weighted by molar-refractivity contribution is 5.40. The summed E-state index contributed by atoms with van der Waals surface area (Å²) in [5, 5.41) is 22.8. The van der Waals surface area contributed by atoms with Gasteiger partial charge in [-0.15, -0.1) is 0 Å². The first-order valence-corrected chi connectivity index (χ1v) is 7.46. The van der Waals surface area contributed by atoms with Crippen LogP contribution in [0.1, 0.15) is 49.3 Å². The lowest BCUT2D eigenvalue weighted by Gasteiger charge is -2.33. The van der Waals surface area contributed by atoms with E-state index in [-0.39, 0.29) is 0 Å². The third-order valence-corrected chi connectivity index (χ3v) is 4.76. The first-order chi connectivity index (χ1) is 9.28. The topological polar surface area (TPSA) is 52.5 Å². The summed E-state index contributed by atoms with van der Waals surface area (Å²) in [6.45, 7) is 0.298. The van der Waals surface area contributed by atoms with Gasteiger partial charge >= 0.3 is 0 Å². The predicted molar refractivity (Wildman–Crippen MR) is 75.1 cm³/mol. The third-order valence-electron chi connectivity index (χ3n) is 4.76. The van der Waals surface area contributed by atoms with Gasteiger partial charge in [0.1, 0.15) is 5.75 Å². The lowest BCUT2D eigenvalue weighted by Crippen LogP contribution is -2.41. The van der Waals surface area contributed by atoms with Crippen LogP contribution in [0.15, 0.2) is 18.2 Å². The summed E-state index contributed by atoms with van der Waals surface area (Å²) < 4.78 is 0. The Kier molecular flexibility index (Phi) is 3.76. The van der Waals surface area contributed by atoms with E-state index in [1.54, 1.807) is 6.07 Å². The lowest BCUT2D eigenvalue weighted by molar-refractivity contribution is 0.145. The molecule has 0 heterocycles. The van der Waals surface area contributed by atoms with Crippen molar-refractivity contribution in [3.63, 3.8) is 0 Å². The van der Waals surface area contributed by atoms with Crippen molar-refractivity contribution in [2.75, 3.05) is 6.61 Å². The molecule has 0 saturated heterocycles. The number of aliphatic hydroxyl groups is 1. The zero-order valence-corrected chi connectivity index (χ0v) is 11.3. The predicted octanol–water partition coefficient (Wildman–Crippen LogP) is 2.52. The molecule has 3 atom stereocenters. The second kappa shape index (κ2) is 5.51. The fourth-order valence-electron chi connectivity index (χ4n) is 3.68. The van der Waals surface area contributed by atoms with Gasteiger partial charge in [-0.3, -0.25) is 0 Å². The molecule has 3 rings (SSSR count). The van der Waals surface area contributed by atoms with Gasteiger partial charge in [0.05, 0.1) is 0 Å². The van der Waals surface area contributed by atoms with Crippen molar-refractivity contribution in [2.24, 2.45) is 5.92 Å². The normalized spacial score (nSPS) is 30.3. The van der Waals surface area contributed by atoms with Crippen molar-refractivity contribution >= 4 is 0 Å². The van der Waals surface area contributed by atoms with Crippen molar-refractivity contribution in [1.29, 1.82) is 0 Å². The maximum absolute atomic E-state index is 9.53. The molecule has 0 amide bonds. The summed E-state index contributed by atoms with van der Waals surface area (Å²) in [4.78, 5) is 0. The Balaban J connectivity index is 1.71. The summed E-state index contributed by atoms with van der Waals surface area (Å²) in [5.74, 6) is 0.778. The van der Waals surface area contributed by atoms with E-state index in [2.05, 4.69) is 5.32 Å². The van der Waals surface area contributed by atoms with Crippen LogP contribution in [-0.4, -0.2) is 22.9 Å². The van der Waals surface area contributed by atoms with E-state index >= 15 is 0 Å². The number of benzene rings is 1. The van der Waals surface area contributed by atoms with Gasteiger partial charge in [-0.05, 0) is 54.9 Å². The Hall–Kier alpha value is -1.06. The van der Waals surface area contributed by atoms with Gasteiger partial charge in [0.15, 0.2) is 0 Å². The van der Waals surface area contributed by atoms with Crippen molar-refractivity contribution in [3.8, 4) is 5.75 Å². The first-order valence-electron chi connectivity index (χ1n) is 7.46. The maximum Gasteiger partial charge on any atom is 0.115 e. The quantitative estimate of drug-likeness (QED) is 0.783. The van der Waals surface area contributed by atoms with E-state index in [9.17, 15) is 10.2 Å². The average molecular weight is 261 g/mol. The molecule has 2 aliphatic rings. The maximum atomic E-state index is 9.53. The second-order valence-corrected chi connectivity index (χ2v) is 5.97. The Morgan fingerprint density at radius 2 is 2.00 bits per heavy atom. The molecule has 1 fully saturated rings. The molecule has 0 spiro atoms. The fourth-order valence-corrected chi connectivity index (χ4v) is 3.68. The van der Waals surface area contributed by atoms with E-state index in [4.69, 9.17) is 0 Å². The number of fused-ring (bicyclic) bond motifs is 1. The molecule has 1 saturated carbocycles. The second-order valence-electron chi connectivity index (χ2n) is 5.97. The molecular formula is C16H23NO2.